The zero-order valence-corrected chi connectivity index (χ0v) is 9.48. The first-order chi connectivity index (χ1) is 7.75. The molecule has 0 aromatic heterocycles. The summed E-state index contributed by atoms with van der Waals surface area (Å²) in [4.78, 5) is 11.7. The highest BCUT2D eigenvalue weighted by atomic mass is 16.5. The molecular formula is C13H17NO2. The topological polar surface area (TPSA) is 38.3 Å². The van der Waals surface area contributed by atoms with Crippen LogP contribution in [0, 0.1) is 5.92 Å². The Bertz CT molecular complexity index is 350. The van der Waals surface area contributed by atoms with Gasteiger partial charge < -0.3 is 10.1 Å². The van der Waals surface area contributed by atoms with Crippen LogP contribution in [0.2, 0.25) is 0 Å². The zero-order valence-electron chi connectivity index (χ0n) is 9.48. The molecule has 1 saturated heterocycles. The first-order valence-electron chi connectivity index (χ1n) is 5.67. The zero-order chi connectivity index (χ0) is 11.4. The Morgan fingerprint density at radius 3 is 2.75 bits per heavy atom. The van der Waals surface area contributed by atoms with Gasteiger partial charge in [-0.05, 0) is 5.56 Å². The molecule has 3 heteroatoms. The van der Waals surface area contributed by atoms with E-state index in [9.17, 15) is 4.79 Å². The molecule has 16 heavy (non-hydrogen) atoms. The minimum absolute atomic E-state index is 0.0774. The first kappa shape index (κ1) is 11.1. The standard InChI is InChI=1S/C13H17NO2/c1-10-8-16-9-12(10)14-13(15)7-11-5-3-2-4-6-11/h2-6,10,12H,7-9H2,1H3,(H,14,15). The van der Waals surface area contributed by atoms with Gasteiger partial charge in [-0.3, -0.25) is 4.79 Å². The van der Waals surface area contributed by atoms with Gasteiger partial charge in [-0.2, -0.15) is 0 Å². The molecule has 3 nitrogen and oxygen atoms in total. The van der Waals surface area contributed by atoms with Gasteiger partial charge in [0.2, 0.25) is 5.91 Å². The molecule has 0 saturated carbocycles. The Balaban J connectivity index is 1.85. The third-order valence-corrected chi connectivity index (χ3v) is 2.92. The number of rotatable bonds is 3. The van der Waals surface area contributed by atoms with Crippen LogP contribution in [-0.4, -0.2) is 25.2 Å². The molecule has 0 bridgehead atoms. The van der Waals surface area contributed by atoms with Gasteiger partial charge in [-0.1, -0.05) is 37.3 Å². The predicted molar refractivity (Wildman–Crippen MR) is 62.1 cm³/mol. The van der Waals surface area contributed by atoms with Crippen molar-refractivity contribution < 1.29 is 9.53 Å². The second kappa shape index (κ2) is 5.12. The fourth-order valence-electron chi connectivity index (χ4n) is 1.88. The lowest BCUT2D eigenvalue weighted by atomic mass is 10.1. The van der Waals surface area contributed by atoms with E-state index in [1.54, 1.807) is 0 Å². The molecule has 1 aliphatic rings. The van der Waals surface area contributed by atoms with Crippen LogP contribution in [0.25, 0.3) is 0 Å². The van der Waals surface area contributed by atoms with Gasteiger partial charge >= 0.3 is 0 Å². The van der Waals surface area contributed by atoms with Crippen molar-refractivity contribution in [2.45, 2.75) is 19.4 Å². The fourth-order valence-corrected chi connectivity index (χ4v) is 1.88. The van der Waals surface area contributed by atoms with Crippen LogP contribution >= 0.6 is 0 Å². The van der Waals surface area contributed by atoms with Gasteiger partial charge in [0.05, 0.1) is 25.7 Å². The van der Waals surface area contributed by atoms with Gasteiger partial charge in [0.15, 0.2) is 0 Å². The van der Waals surface area contributed by atoms with E-state index in [-0.39, 0.29) is 11.9 Å². The van der Waals surface area contributed by atoms with Crippen molar-refractivity contribution in [2.24, 2.45) is 5.92 Å². The Hall–Kier alpha value is -1.35. The van der Waals surface area contributed by atoms with Crippen LogP contribution < -0.4 is 5.32 Å². The Morgan fingerprint density at radius 2 is 2.12 bits per heavy atom. The molecule has 1 fully saturated rings. The highest BCUT2D eigenvalue weighted by Gasteiger charge is 2.25. The molecule has 1 aliphatic heterocycles. The van der Waals surface area contributed by atoms with E-state index >= 15 is 0 Å². The van der Waals surface area contributed by atoms with Crippen LogP contribution in [0.5, 0.6) is 0 Å². The van der Waals surface area contributed by atoms with E-state index < -0.39 is 0 Å². The summed E-state index contributed by atoms with van der Waals surface area (Å²) >= 11 is 0. The number of ether oxygens (including phenoxy) is 1. The SMILES string of the molecule is CC1COCC1NC(=O)Cc1ccccc1. The highest BCUT2D eigenvalue weighted by molar-refractivity contribution is 5.78. The molecule has 1 aromatic rings. The van der Waals surface area contributed by atoms with Crippen LogP contribution in [-0.2, 0) is 16.0 Å². The molecule has 2 atom stereocenters. The van der Waals surface area contributed by atoms with Crippen LogP contribution in [0.15, 0.2) is 30.3 Å². The third kappa shape index (κ3) is 2.83. The quantitative estimate of drug-likeness (QED) is 0.834. The maximum atomic E-state index is 11.7. The summed E-state index contributed by atoms with van der Waals surface area (Å²) in [5.74, 6) is 0.494. The van der Waals surface area contributed by atoms with E-state index in [0.717, 1.165) is 12.2 Å². The van der Waals surface area contributed by atoms with Crippen molar-refractivity contribution in [1.29, 1.82) is 0 Å². The number of nitrogens with one attached hydrogen (secondary N) is 1. The van der Waals surface area contributed by atoms with Crippen molar-refractivity contribution in [3.8, 4) is 0 Å². The van der Waals surface area contributed by atoms with E-state index in [4.69, 9.17) is 4.74 Å². The smallest absolute Gasteiger partial charge is 0.224 e. The fraction of sp³-hybridized carbons (Fsp3) is 0.462. The number of hydrogen-bond donors (Lipinski definition) is 1. The summed E-state index contributed by atoms with van der Waals surface area (Å²) in [5.41, 5.74) is 1.05. The number of amides is 1. The summed E-state index contributed by atoms with van der Waals surface area (Å²) < 4.78 is 5.31. The molecule has 1 aromatic carbocycles. The van der Waals surface area contributed by atoms with Crippen LogP contribution in [0.3, 0.4) is 0 Å². The van der Waals surface area contributed by atoms with E-state index in [1.165, 1.54) is 0 Å². The molecule has 1 heterocycles. The second-order valence-corrected chi connectivity index (χ2v) is 4.35. The predicted octanol–water partition coefficient (Wildman–Crippen LogP) is 1.38. The lowest BCUT2D eigenvalue weighted by Gasteiger charge is -2.15. The number of carbonyl (C=O) groups is 1. The van der Waals surface area contributed by atoms with Gasteiger partial charge in [0, 0.05) is 5.92 Å². The molecule has 1 amide bonds. The average Bonchev–Trinajstić information content (AvgIpc) is 2.66. The first-order valence-corrected chi connectivity index (χ1v) is 5.67. The summed E-state index contributed by atoms with van der Waals surface area (Å²) in [6.45, 7) is 3.48. The summed E-state index contributed by atoms with van der Waals surface area (Å²) in [5, 5.41) is 3.01. The molecule has 2 unspecified atom stereocenters. The van der Waals surface area contributed by atoms with Crippen molar-refractivity contribution in [1.82, 2.24) is 5.32 Å². The lowest BCUT2D eigenvalue weighted by Crippen LogP contribution is -2.39. The minimum atomic E-state index is 0.0774. The number of carbonyl (C=O) groups excluding carboxylic acids is 1. The van der Waals surface area contributed by atoms with E-state index in [1.807, 2.05) is 30.3 Å². The van der Waals surface area contributed by atoms with Crippen LogP contribution in [0.1, 0.15) is 12.5 Å². The van der Waals surface area contributed by atoms with Crippen molar-refractivity contribution in [3.63, 3.8) is 0 Å². The third-order valence-electron chi connectivity index (χ3n) is 2.92. The summed E-state index contributed by atoms with van der Waals surface area (Å²) in [7, 11) is 0. The van der Waals surface area contributed by atoms with E-state index in [2.05, 4.69) is 12.2 Å². The van der Waals surface area contributed by atoms with Crippen molar-refractivity contribution >= 4 is 5.91 Å². The monoisotopic (exact) mass is 219 g/mol. The largest absolute Gasteiger partial charge is 0.379 e. The van der Waals surface area contributed by atoms with Crippen LogP contribution in [0.4, 0.5) is 0 Å². The Morgan fingerprint density at radius 1 is 1.38 bits per heavy atom. The van der Waals surface area contributed by atoms with Crippen molar-refractivity contribution in [2.75, 3.05) is 13.2 Å². The maximum absolute atomic E-state index is 11.7. The summed E-state index contributed by atoms with van der Waals surface area (Å²) in [6, 6.07) is 9.96. The molecular weight excluding hydrogens is 202 g/mol. The Kier molecular flexibility index (Phi) is 3.57. The Labute approximate surface area is 95.8 Å². The maximum Gasteiger partial charge on any atom is 0.224 e. The molecule has 0 aliphatic carbocycles. The van der Waals surface area contributed by atoms with Gasteiger partial charge in [-0.25, -0.2) is 0 Å². The second-order valence-electron chi connectivity index (χ2n) is 4.35. The van der Waals surface area contributed by atoms with Gasteiger partial charge in [-0.15, -0.1) is 0 Å². The van der Waals surface area contributed by atoms with Gasteiger partial charge in [0.1, 0.15) is 0 Å². The van der Waals surface area contributed by atoms with E-state index in [0.29, 0.717) is 18.9 Å². The highest BCUT2D eigenvalue weighted by Crippen LogP contribution is 2.12. The molecule has 0 radical (unpaired) electrons. The molecule has 86 valence electrons. The average molecular weight is 219 g/mol. The minimum Gasteiger partial charge on any atom is -0.379 e. The number of benzene rings is 1. The molecule has 2 rings (SSSR count). The van der Waals surface area contributed by atoms with Crippen molar-refractivity contribution in [3.05, 3.63) is 35.9 Å². The van der Waals surface area contributed by atoms with Gasteiger partial charge in [0.25, 0.3) is 0 Å². The lowest BCUT2D eigenvalue weighted by molar-refractivity contribution is -0.121. The molecule has 0 spiro atoms. The molecule has 1 N–H and O–H groups in total. The number of hydrogen-bond acceptors (Lipinski definition) is 2. The summed E-state index contributed by atoms with van der Waals surface area (Å²) in [6.07, 6.45) is 0.448. The normalized spacial score (nSPS) is 24.3.